The van der Waals surface area contributed by atoms with Gasteiger partial charge in [-0.1, -0.05) is 32.4 Å². The Kier molecular flexibility index (Phi) is 1.61. The van der Waals surface area contributed by atoms with E-state index in [1.807, 2.05) is 0 Å². The molecule has 0 heteroatoms. The zero-order chi connectivity index (χ0) is 11.3. The van der Waals surface area contributed by atoms with Crippen molar-refractivity contribution in [3.63, 3.8) is 0 Å². The Morgan fingerprint density at radius 3 is 1.76 bits per heavy atom. The first kappa shape index (κ1) is 9.64. The van der Waals surface area contributed by atoms with Gasteiger partial charge in [0, 0.05) is 0 Å². The molecule has 92 valence electrons. The Labute approximate surface area is 105 Å². The molecule has 8 unspecified atom stereocenters. The van der Waals surface area contributed by atoms with Crippen molar-refractivity contribution in [1.82, 2.24) is 0 Å². The van der Waals surface area contributed by atoms with Crippen molar-refractivity contribution in [2.24, 2.45) is 59.2 Å². The Balaban J connectivity index is 1.63. The maximum absolute atomic E-state index is 2.61. The number of fused-ring (bicyclic) bond motifs is 12. The van der Waals surface area contributed by atoms with E-state index in [1.54, 1.807) is 19.3 Å². The fraction of sp³-hybridized carbons (Fsp3) is 0.882. The Bertz CT molecular complexity index is 361. The summed E-state index contributed by atoms with van der Waals surface area (Å²) in [5.74, 6) is 10.8. The summed E-state index contributed by atoms with van der Waals surface area (Å²) in [5, 5.41) is 0. The smallest absolute Gasteiger partial charge is 0.0168 e. The topological polar surface area (TPSA) is 0 Å². The van der Waals surface area contributed by atoms with Crippen LogP contribution in [0.15, 0.2) is 12.2 Å². The molecule has 0 aromatic heterocycles. The summed E-state index contributed by atoms with van der Waals surface area (Å²) in [5.41, 5.74) is 0. The lowest BCUT2D eigenvalue weighted by molar-refractivity contribution is 0.108. The van der Waals surface area contributed by atoms with Gasteiger partial charge in [-0.2, -0.15) is 0 Å². The van der Waals surface area contributed by atoms with Gasteiger partial charge in [0.05, 0.1) is 0 Å². The van der Waals surface area contributed by atoms with Gasteiger partial charge in [0.15, 0.2) is 0 Å². The van der Waals surface area contributed by atoms with Crippen molar-refractivity contribution in [3.05, 3.63) is 12.2 Å². The molecule has 0 aromatic rings. The summed E-state index contributed by atoms with van der Waals surface area (Å²) < 4.78 is 0. The molecule has 0 N–H and O–H groups in total. The molecule has 0 aliphatic heterocycles. The standard InChI is InChI=1S/C17H24/c1-8-10-6-7-11(8)17-15-9(2)14(16(10)17)12-4-3-5-13(12)15/h6-17H,3-5H2,1-2H3. The maximum Gasteiger partial charge on any atom is -0.0168 e. The Morgan fingerprint density at radius 1 is 0.706 bits per heavy atom. The van der Waals surface area contributed by atoms with Crippen molar-refractivity contribution in [1.29, 1.82) is 0 Å². The van der Waals surface area contributed by atoms with Gasteiger partial charge in [-0.05, 0) is 72.0 Å². The van der Waals surface area contributed by atoms with Gasteiger partial charge in [-0.25, -0.2) is 0 Å². The van der Waals surface area contributed by atoms with Gasteiger partial charge in [-0.15, -0.1) is 0 Å². The third-order valence-corrected chi connectivity index (χ3v) is 7.82. The number of hydrogen-bond donors (Lipinski definition) is 0. The zero-order valence-corrected chi connectivity index (χ0v) is 11.0. The van der Waals surface area contributed by atoms with E-state index < -0.39 is 0 Å². The highest BCUT2D eigenvalue weighted by Crippen LogP contribution is 2.74. The second-order valence-corrected chi connectivity index (χ2v) is 7.83. The van der Waals surface area contributed by atoms with Crippen molar-refractivity contribution >= 4 is 0 Å². The van der Waals surface area contributed by atoms with Crippen molar-refractivity contribution in [2.75, 3.05) is 0 Å². The lowest BCUT2D eigenvalue weighted by Gasteiger charge is -2.39. The van der Waals surface area contributed by atoms with Crippen LogP contribution in [-0.2, 0) is 0 Å². The molecule has 5 aliphatic rings. The molecule has 0 nitrogen and oxygen atoms in total. The van der Waals surface area contributed by atoms with Crippen LogP contribution in [0, 0.1) is 59.2 Å². The third-order valence-electron chi connectivity index (χ3n) is 7.82. The second-order valence-electron chi connectivity index (χ2n) is 7.83. The lowest BCUT2D eigenvalue weighted by atomic mass is 9.66. The highest BCUT2D eigenvalue weighted by atomic mass is 14.7. The van der Waals surface area contributed by atoms with Crippen LogP contribution in [0.3, 0.4) is 0 Å². The van der Waals surface area contributed by atoms with Crippen LogP contribution in [0.2, 0.25) is 0 Å². The molecule has 0 saturated heterocycles. The summed E-state index contributed by atoms with van der Waals surface area (Å²) in [6, 6.07) is 0. The van der Waals surface area contributed by atoms with E-state index in [4.69, 9.17) is 0 Å². The fourth-order valence-electron chi connectivity index (χ4n) is 7.64. The molecular formula is C17H24. The summed E-state index contributed by atoms with van der Waals surface area (Å²) >= 11 is 0. The summed E-state index contributed by atoms with van der Waals surface area (Å²) in [6.07, 6.45) is 9.91. The number of allylic oxidation sites excluding steroid dienone is 2. The predicted octanol–water partition coefficient (Wildman–Crippen LogP) is 3.98. The van der Waals surface area contributed by atoms with Gasteiger partial charge in [0.2, 0.25) is 0 Å². The molecule has 17 heavy (non-hydrogen) atoms. The van der Waals surface area contributed by atoms with Crippen LogP contribution >= 0.6 is 0 Å². The minimum atomic E-state index is 0.976. The Morgan fingerprint density at radius 2 is 1.24 bits per heavy atom. The van der Waals surface area contributed by atoms with Gasteiger partial charge >= 0.3 is 0 Å². The molecule has 8 atom stereocenters. The molecule has 4 fully saturated rings. The zero-order valence-electron chi connectivity index (χ0n) is 11.0. The molecule has 4 bridgehead atoms. The minimum absolute atomic E-state index is 0.976. The normalized spacial score (nSPS) is 70.0. The minimum Gasteiger partial charge on any atom is -0.0845 e. The number of rotatable bonds is 0. The molecule has 5 rings (SSSR count). The molecule has 0 spiro atoms. The molecular weight excluding hydrogens is 204 g/mol. The van der Waals surface area contributed by atoms with Gasteiger partial charge in [-0.3, -0.25) is 0 Å². The predicted molar refractivity (Wildman–Crippen MR) is 69.2 cm³/mol. The molecule has 0 aromatic carbocycles. The molecule has 0 radical (unpaired) electrons. The van der Waals surface area contributed by atoms with Crippen molar-refractivity contribution < 1.29 is 0 Å². The van der Waals surface area contributed by atoms with Crippen LogP contribution in [0.5, 0.6) is 0 Å². The monoisotopic (exact) mass is 228 g/mol. The van der Waals surface area contributed by atoms with Crippen LogP contribution in [-0.4, -0.2) is 0 Å². The van der Waals surface area contributed by atoms with Crippen LogP contribution in [0.4, 0.5) is 0 Å². The Hall–Kier alpha value is -0.260. The van der Waals surface area contributed by atoms with Crippen molar-refractivity contribution in [3.8, 4) is 0 Å². The van der Waals surface area contributed by atoms with Crippen LogP contribution < -0.4 is 0 Å². The van der Waals surface area contributed by atoms with E-state index in [0.29, 0.717) is 0 Å². The van der Waals surface area contributed by atoms with E-state index >= 15 is 0 Å². The first-order valence-corrected chi connectivity index (χ1v) is 7.97. The van der Waals surface area contributed by atoms with Crippen LogP contribution in [0.1, 0.15) is 33.1 Å². The van der Waals surface area contributed by atoms with E-state index in [0.717, 1.165) is 59.2 Å². The summed E-state index contributed by atoms with van der Waals surface area (Å²) in [7, 11) is 0. The molecule has 4 saturated carbocycles. The summed E-state index contributed by atoms with van der Waals surface area (Å²) in [6.45, 7) is 5.14. The van der Waals surface area contributed by atoms with Gasteiger partial charge < -0.3 is 0 Å². The fourth-order valence-corrected chi connectivity index (χ4v) is 7.64. The summed E-state index contributed by atoms with van der Waals surface area (Å²) in [4.78, 5) is 0. The molecule has 5 aliphatic carbocycles. The average Bonchev–Trinajstić information content (AvgIpc) is 3.04. The highest BCUT2D eigenvalue weighted by molar-refractivity contribution is 5.25. The first-order valence-electron chi connectivity index (χ1n) is 7.97. The average molecular weight is 228 g/mol. The SMILES string of the molecule is CC1C2C=CC1C1C3C(C)C(C4CCCC43)C21. The molecule has 0 amide bonds. The van der Waals surface area contributed by atoms with Crippen molar-refractivity contribution in [2.45, 2.75) is 33.1 Å². The van der Waals surface area contributed by atoms with Gasteiger partial charge in [0.25, 0.3) is 0 Å². The maximum atomic E-state index is 2.61. The second kappa shape index (κ2) is 2.83. The highest BCUT2D eigenvalue weighted by Gasteiger charge is 2.69. The van der Waals surface area contributed by atoms with E-state index in [-0.39, 0.29) is 0 Å². The first-order chi connectivity index (χ1) is 8.29. The van der Waals surface area contributed by atoms with E-state index in [9.17, 15) is 0 Å². The van der Waals surface area contributed by atoms with E-state index in [2.05, 4.69) is 26.0 Å². The quantitative estimate of drug-likeness (QED) is 0.434. The van der Waals surface area contributed by atoms with E-state index in [1.165, 1.54) is 0 Å². The van der Waals surface area contributed by atoms with Crippen LogP contribution in [0.25, 0.3) is 0 Å². The molecule has 0 heterocycles. The lowest BCUT2D eigenvalue weighted by Crippen LogP contribution is -2.34. The number of hydrogen-bond acceptors (Lipinski definition) is 0. The largest absolute Gasteiger partial charge is 0.0845 e. The van der Waals surface area contributed by atoms with Gasteiger partial charge in [0.1, 0.15) is 0 Å². The third kappa shape index (κ3) is 0.861.